The average Bonchev–Trinajstić information content (AvgIpc) is 2.43. The molecule has 1 aromatic carbocycles. The van der Waals surface area contributed by atoms with E-state index in [0.29, 0.717) is 0 Å². The number of aliphatic imine (C=N–C) groups is 1. The van der Waals surface area contributed by atoms with Crippen molar-refractivity contribution in [3.05, 3.63) is 48.6 Å². The Hall–Kier alpha value is -1.08. The van der Waals surface area contributed by atoms with Gasteiger partial charge in [0.15, 0.2) is 5.96 Å². The molecule has 0 amide bonds. The zero-order valence-electron chi connectivity index (χ0n) is 12.3. The standard InChI is InChI=1S/C15H24N4.HI/c1-4-10-17-15(16-2)18-11-12-19(3)13-14-8-6-5-7-9-14;/h4-9H,1,10-13H2,2-3H3,(H2,16,17,18);1H. The molecule has 1 aromatic rings. The largest absolute Gasteiger partial charge is 0.355 e. The Bertz CT molecular complexity index is 392. The van der Waals surface area contributed by atoms with Crippen molar-refractivity contribution < 1.29 is 0 Å². The molecule has 0 radical (unpaired) electrons. The summed E-state index contributed by atoms with van der Waals surface area (Å²) < 4.78 is 0. The lowest BCUT2D eigenvalue weighted by Crippen LogP contribution is -2.40. The molecule has 5 heteroatoms. The third-order valence-electron chi connectivity index (χ3n) is 2.72. The van der Waals surface area contributed by atoms with Gasteiger partial charge in [0.2, 0.25) is 0 Å². The van der Waals surface area contributed by atoms with E-state index < -0.39 is 0 Å². The molecule has 20 heavy (non-hydrogen) atoms. The lowest BCUT2D eigenvalue weighted by Gasteiger charge is -2.18. The Morgan fingerprint density at radius 2 is 2.00 bits per heavy atom. The average molecular weight is 388 g/mol. The first-order chi connectivity index (χ1) is 9.26. The Morgan fingerprint density at radius 1 is 1.30 bits per heavy atom. The molecule has 112 valence electrons. The number of likely N-dealkylation sites (N-methyl/N-ethyl adjacent to an activating group) is 1. The van der Waals surface area contributed by atoms with Crippen LogP contribution in [0.2, 0.25) is 0 Å². The Kier molecular flexibility index (Phi) is 11.1. The van der Waals surface area contributed by atoms with Crippen molar-refractivity contribution in [2.75, 3.05) is 33.7 Å². The van der Waals surface area contributed by atoms with Crippen LogP contribution >= 0.6 is 24.0 Å². The lowest BCUT2D eigenvalue weighted by atomic mass is 10.2. The summed E-state index contributed by atoms with van der Waals surface area (Å²) in [5.41, 5.74) is 1.33. The summed E-state index contributed by atoms with van der Waals surface area (Å²) in [6, 6.07) is 10.5. The quantitative estimate of drug-likeness (QED) is 0.325. The molecule has 0 atom stereocenters. The van der Waals surface area contributed by atoms with Gasteiger partial charge in [0.25, 0.3) is 0 Å². The zero-order chi connectivity index (χ0) is 13.9. The number of halogens is 1. The molecule has 2 N–H and O–H groups in total. The molecule has 0 saturated heterocycles. The molecule has 0 aliphatic carbocycles. The van der Waals surface area contributed by atoms with E-state index in [9.17, 15) is 0 Å². The van der Waals surface area contributed by atoms with Crippen LogP contribution in [0.1, 0.15) is 5.56 Å². The SMILES string of the molecule is C=CCNC(=NC)NCCN(C)Cc1ccccc1.I. The minimum absolute atomic E-state index is 0. The summed E-state index contributed by atoms with van der Waals surface area (Å²) >= 11 is 0. The van der Waals surface area contributed by atoms with Crippen molar-refractivity contribution in [1.29, 1.82) is 0 Å². The summed E-state index contributed by atoms with van der Waals surface area (Å²) in [5.74, 6) is 0.813. The number of rotatable bonds is 7. The highest BCUT2D eigenvalue weighted by atomic mass is 127. The van der Waals surface area contributed by atoms with E-state index in [2.05, 4.69) is 58.4 Å². The van der Waals surface area contributed by atoms with Gasteiger partial charge in [-0.3, -0.25) is 4.99 Å². The summed E-state index contributed by atoms with van der Waals surface area (Å²) in [5, 5.41) is 6.42. The third kappa shape index (κ3) is 8.16. The molecule has 0 saturated carbocycles. The fourth-order valence-electron chi connectivity index (χ4n) is 1.73. The van der Waals surface area contributed by atoms with Crippen molar-refractivity contribution in [3.8, 4) is 0 Å². The molecule has 0 aromatic heterocycles. The van der Waals surface area contributed by atoms with Crippen LogP contribution in [0.3, 0.4) is 0 Å². The number of hydrogen-bond acceptors (Lipinski definition) is 2. The van der Waals surface area contributed by atoms with Crippen molar-refractivity contribution in [2.45, 2.75) is 6.54 Å². The molecule has 4 nitrogen and oxygen atoms in total. The highest BCUT2D eigenvalue weighted by Crippen LogP contribution is 2.01. The van der Waals surface area contributed by atoms with Crippen LogP contribution in [0.15, 0.2) is 48.0 Å². The van der Waals surface area contributed by atoms with Crippen molar-refractivity contribution in [2.24, 2.45) is 4.99 Å². The van der Waals surface area contributed by atoms with Gasteiger partial charge in [-0.15, -0.1) is 30.6 Å². The van der Waals surface area contributed by atoms with Crippen LogP contribution in [0.25, 0.3) is 0 Å². The van der Waals surface area contributed by atoms with E-state index in [1.54, 1.807) is 7.05 Å². The van der Waals surface area contributed by atoms with E-state index in [0.717, 1.165) is 32.1 Å². The van der Waals surface area contributed by atoms with Crippen LogP contribution in [-0.2, 0) is 6.54 Å². The summed E-state index contributed by atoms with van der Waals surface area (Å²) in [6.07, 6.45) is 1.81. The fraction of sp³-hybridized carbons (Fsp3) is 0.400. The zero-order valence-corrected chi connectivity index (χ0v) is 14.6. The highest BCUT2D eigenvalue weighted by Gasteiger charge is 2.00. The second-order valence-electron chi connectivity index (χ2n) is 4.39. The van der Waals surface area contributed by atoms with E-state index in [-0.39, 0.29) is 24.0 Å². The number of nitrogens with one attached hydrogen (secondary N) is 2. The van der Waals surface area contributed by atoms with Crippen LogP contribution in [0.4, 0.5) is 0 Å². The first-order valence-corrected chi connectivity index (χ1v) is 6.54. The van der Waals surface area contributed by atoms with Gasteiger partial charge in [0.1, 0.15) is 0 Å². The number of guanidine groups is 1. The maximum atomic E-state index is 4.13. The van der Waals surface area contributed by atoms with Gasteiger partial charge in [-0.2, -0.15) is 0 Å². The van der Waals surface area contributed by atoms with Crippen LogP contribution in [0.5, 0.6) is 0 Å². The van der Waals surface area contributed by atoms with Crippen LogP contribution in [-0.4, -0.2) is 44.6 Å². The van der Waals surface area contributed by atoms with Gasteiger partial charge >= 0.3 is 0 Å². The second kappa shape index (κ2) is 11.7. The van der Waals surface area contributed by atoms with E-state index in [4.69, 9.17) is 0 Å². The van der Waals surface area contributed by atoms with E-state index in [1.165, 1.54) is 5.56 Å². The van der Waals surface area contributed by atoms with Crippen LogP contribution < -0.4 is 10.6 Å². The van der Waals surface area contributed by atoms with Gasteiger partial charge in [0.05, 0.1) is 0 Å². The maximum absolute atomic E-state index is 4.13. The van der Waals surface area contributed by atoms with Gasteiger partial charge < -0.3 is 15.5 Å². The topological polar surface area (TPSA) is 39.7 Å². The molecule has 0 spiro atoms. The predicted molar refractivity (Wildman–Crippen MR) is 97.8 cm³/mol. The third-order valence-corrected chi connectivity index (χ3v) is 2.72. The van der Waals surface area contributed by atoms with Gasteiger partial charge in [-0.25, -0.2) is 0 Å². The predicted octanol–water partition coefficient (Wildman–Crippen LogP) is 2.09. The number of benzene rings is 1. The van der Waals surface area contributed by atoms with Crippen LogP contribution in [0, 0.1) is 0 Å². The number of hydrogen-bond donors (Lipinski definition) is 2. The first-order valence-electron chi connectivity index (χ1n) is 6.54. The van der Waals surface area contributed by atoms with Crippen molar-refractivity contribution in [1.82, 2.24) is 15.5 Å². The maximum Gasteiger partial charge on any atom is 0.191 e. The monoisotopic (exact) mass is 388 g/mol. The van der Waals surface area contributed by atoms with Crippen molar-refractivity contribution in [3.63, 3.8) is 0 Å². The summed E-state index contributed by atoms with van der Waals surface area (Å²) in [7, 11) is 3.89. The van der Waals surface area contributed by atoms with Crippen molar-refractivity contribution >= 4 is 29.9 Å². The first kappa shape index (κ1) is 18.9. The van der Waals surface area contributed by atoms with E-state index >= 15 is 0 Å². The summed E-state index contributed by atoms with van der Waals surface area (Å²) in [4.78, 5) is 6.42. The minimum Gasteiger partial charge on any atom is -0.355 e. The number of nitrogens with zero attached hydrogens (tertiary/aromatic N) is 2. The normalized spacial score (nSPS) is 10.8. The van der Waals surface area contributed by atoms with E-state index in [1.807, 2.05) is 12.1 Å². The van der Waals surface area contributed by atoms with Gasteiger partial charge in [-0.05, 0) is 12.6 Å². The van der Waals surface area contributed by atoms with Gasteiger partial charge in [0, 0.05) is 33.2 Å². The molecule has 0 heterocycles. The Labute approximate surface area is 139 Å². The smallest absolute Gasteiger partial charge is 0.191 e. The molecule has 0 aliphatic rings. The Morgan fingerprint density at radius 3 is 2.60 bits per heavy atom. The fourth-order valence-corrected chi connectivity index (χ4v) is 1.73. The molecule has 0 aliphatic heterocycles. The molecule has 0 unspecified atom stereocenters. The highest BCUT2D eigenvalue weighted by molar-refractivity contribution is 14.0. The molecular weight excluding hydrogens is 363 g/mol. The minimum atomic E-state index is 0. The van der Waals surface area contributed by atoms with Gasteiger partial charge in [-0.1, -0.05) is 36.4 Å². The lowest BCUT2D eigenvalue weighted by molar-refractivity contribution is 0.331. The Balaban J connectivity index is 0.00000361. The molecule has 0 bridgehead atoms. The molecule has 0 fully saturated rings. The second-order valence-corrected chi connectivity index (χ2v) is 4.39. The summed E-state index contributed by atoms with van der Waals surface area (Å²) in [6.45, 7) is 7.17. The molecular formula is C15H25IN4. The molecule has 1 rings (SSSR count).